The number of piperidine rings is 1. The molecule has 6 nitrogen and oxygen atoms in total. The molecule has 0 amide bonds. The van der Waals surface area contributed by atoms with E-state index >= 15 is 0 Å². The van der Waals surface area contributed by atoms with Gasteiger partial charge in [-0.3, -0.25) is 0 Å². The second-order valence-electron chi connectivity index (χ2n) is 6.57. The summed E-state index contributed by atoms with van der Waals surface area (Å²) in [6, 6.07) is 8.15. The van der Waals surface area contributed by atoms with Crippen molar-refractivity contribution < 1.29 is 18.6 Å². The molecule has 2 atom stereocenters. The molecule has 1 aromatic carbocycles. The van der Waals surface area contributed by atoms with Crippen LogP contribution in [-0.4, -0.2) is 72.3 Å². The highest BCUT2D eigenvalue weighted by molar-refractivity contribution is 7.89. The van der Waals surface area contributed by atoms with Gasteiger partial charge >= 0.3 is 0 Å². The van der Waals surface area contributed by atoms with Gasteiger partial charge in [0.25, 0.3) is 0 Å². The minimum atomic E-state index is -3.69. The van der Waals surface area contributed by atoms with E-state index in [1.807, 2.05) is 0 Å². The molecule has 2 aliphatic heterocycles. The molecule has 0 unspecified atom stereocenters. The summed E-state index contributed by atoms with van der Waals surface area (Å²) in [5.74, 6) is 0. The molecule has 2 heterocycles. The molecular weight excluding hydrogens is 316 g/mol. The van der Waals surface area contributed by atoms with Crippen molar-refractivity contribution in [3.63, 3.8) is 0 Å². The normalized spacial score (nSPS) is 30.6. The molecule has 0 aromatic heterocycles. The van der Waals surface area contributed by atoms with Gasteiger partial charge in [-0.2, -0.15) is 4.31 Å². The van der Waals surface area contributed by atoms with Gasteiger partial charge in [-0.05, 0) is 38.1 Å². The molecule has 7 heteroatoms. The van der Waals surface area contributed by atoms with Crippen LogP contribution in [0, 0.1) is 0 Å². The second kappa shape index (κ2) is 6.49. The van der Waals surface area contributed by atoms with Crippen LogP contribution in [0.25, 0.3) is 0 Å². The van der Waals surface area contributed by atoms with Crippen LogP contribution in [0.4, 0.5) is 0 Å². The van der Waals surface area contributed by atoms with Gasteiger partial charge in [0.15, 0.2) is 0 Å². The van der Waals surface area contributed by atoms with Crippen molar-refractivity contribution in [1.29, 1.82) is 0 Å². The standard InChI is InChI=1S/C16H24N2O4S/c19-15-11-18(23(21,22)14-7-3-1-4-8-14)13-16(15,20)12-17-9-5-2-6-10-17/h1,3-4,7-8,15,19-20H,2,5-6,9-13H2/t15-,16+/m1/s1. The van der Waals surface area contributed by atoms with E-state index < -0.39 is 21.7 Å². The third-order valence-electron chi connectivity index (χ3n) is 4.77. The molecule has 23 heavy (non-hydrogen) atoms. The minimum absolute atomic E-state index is 0.0676. The van der Waals surface area contributed by atoms with E-state index in [4.69, 9.17) is 0 Å². The highest BCUT2D eigenvalue weighted by Gasteiger charge is 2.49. The summed E-state index contributed by atoms with van der Waals surface area (Å²) < 4.78 is 26.5. The molecule has 1 aromatic rings. The zero-order valence-electron chi connectivity index (χ0n) is 13.1. The number of rotatable bonds is 4. The molecule has 3 rings (SSSR count). The number of nitrogens with zero attached hydrogens (tertiary/aromatic N) is 2. The molecule has 0 bridgehead atoms. The first-order valence-electron chi connectivity index (χ1n) is 8.10. The summed E-state index contributed by atoms with van der Waals surface area (Å²) in [5, 5.41) is 21.1. The Kier molecular flexibility index (Phi) is 4.75. The Labute approximate surface area is 137 Å². The van der Waals surface area contributed by atoms with E-state index in [-0.39, 0.29) is 18.0 Å². The predicted molar refractivity (Wildman–Crippen MR) is 86.4 cm³/mol. The van der Waals surface area contributed by atoms with Gasteiger partial charge in [-0.25, -0.2) is 8.42 Å². The zero-order chi connectivity index (χ0) is 16.5. The first-order chi connectivity index (χ1) is 10.9. The van der Waals surface area contributed by atoms with Gasteiger partial charge in [-0.1, -0.05) is 24.6 Å². The maximum Gasteiger partial charge on any atom is 0.243 e. The molecule has 0 aliphatic carbocycles. The molecule has 2 fully saturated rings. The number of β-amino-alcohol motifs (C(OH)–C–C–N with tert-alkyl or cyclic N) is 2. The number of hydrogen-bond acceptors (Lipinski definition) is 5. The lowest BCUT2D eigenvalue weighted by molar-refractivity contribution is -0.0632. The van der Waals surface area contributed by atoms with E-state index in [1.54, 1.807) is 18.2 Å². The van der Waals surface area contributed by atoms with Gasteiger partial charge in [0.1, 0.15) is 5.60 Å². The van der Waals surface area contributed by atoms with Crippen molar-refractivity contribution in [2.45, 2.75) is 35.9 Å². The lowest BCUT2D eigenvalue weighted by Crippen LogP contribution is -2.52. The summed E-state index contributed by atoms with van der Waals surface area (Å²) in [6.45, 7) is 1.96. The fraction of sp³-hybridized carbons (Fsp3) is 0.625. The highest BCUT2D eigenvalue weighted by Crippen LogP contribution is 2.29. The summed E-state index contributed by atoms with van der Waals surface area (Å²) in [6.07, 6.45) is 2.28. The lowest BCUT2D eigenvalue weighted by atomic mass is 9.98. The van der Waals surface area contributed by atoms with Gasteiger partial charge in [0, 0.05) is 19.6 Å². The largest absolute Gasteiger partial charge is 0.389 e. The van der Waals surface area contributed by atoms with Gasteiger partial charge in [-0.15, -0.1) is 0 Å². The third-order valence-corrected chi connectivity index (χ3v) is 6.60. The maximum atomic E-state index is 12.7. The van der Waals surface area contributed by atoms with Gasteiger partial charge in [0.05, 0.1) is 11.0 Å². The maximum absolute atomic E-state index is 12.7. The topological polar surface area (TPSA) is 81.1 Å². The Balaban J connectivity index is 1.75. The molecule has 0 radical (unpaired) electrons. The second-order valence-corrected chi connectivity index (χ2v) is 8.50. The SMILES string of the molecule is O=S(=O)(c1ccccc1)N1C[C@@H](O)[C@](O)(CN2CCCCC2)C1. The lowest BCUT2D eigenvalue weighted by Gasteiger charge is -2.35. The first kappa shape index (κ1) is 16.9. The Morgan fingerprint density at radius 2 is 1.78 bits per heavy atom. The summed E-state index contributed by atoms with van der Waals surface area (Å²) >= 11 is 0. The van der Waals surface area contributed by atoms with Crippen LogP contribution in [0.3, 0.4) is 0 Å². The average molecular weight is 340 g/mol. The predicted octanol–water partition coefficient (Wildman–Crippen LogP) is 0.269. The Hall–Kier alpha value is -0.990. The summed E-state index contributed by atoms with van der Waals surface area (Å²) in [7, 11) is -3.69. The van der Waals surface area contributed by atoms with Gasteiger partial charge < -0.3 is 15.1 Å². The van der Waals surface area contributed by atoms with E-state index in [2.05, 4.69) is 4.90 Å². The van der Waals surface area contributed by atoms with Crippen LogP contribution in [0.5, 0.6) is 0 Å². The van der Waals surface area contributed by atoms with Crippen LogP contribution in [0.2, 0.25) is 0 Å². The fourth-order valence-electron chi connectivity index (χ4n) is 3.42. The highest BCUT2D eigenvalue weighted by atomic mass is 32.2. The van der Waals surface area contributed by atoms with E-state index in [9.17, 15) is 18.6 Å². The Bertz CT molecular complexity index is 631. The van der Waals surface area contributed by atoms with E-state index in [0.717, 1.165) is 25.9 Å². The molecule has 128 valence electrons. The third kappa shape index (κ3) is 3.44. The molecule has 0 saturated carbocycles. The Morgan fingerprint density at radius 3 is 2.43 bits per heavy atom. The minimum Gasteiger partial charge on any atom is -0.389 e. The number of hydrogen-bond donors (Lipinski definition) is 2. The number of aliphatic hydroxyl groups is 2. The van der Waals surface area contributed by atoms with Crippen molar-refractivity contribution >= 4 is 10.0 Å². The summed E-state index contributed by atoms with van der Waals surface area (Å²) in [4.78, 5) is 2.31. The van der Waals surface area contributed by atoms with Crippen LogP contribution < -0.4 is 0 Å². The van der Waals surface area contributed by atoms with Crippen LogP contribution >= 0.6 is 0 Å². The van der Waals surface area contributed by atoms with E-state index in [1.165, 1.54) is 22.9 Å². The number of sulfonamides is 1. The van der Waals surface area contributed by atoms with Crippen LogP contribution in [0.1, 0.15) is 19.3 Å². The van der Waals surface area contributed by atoms with Crippen molar-refractivity contribution in [3.8, 4) is 0 Å². The van der Waals surface area contributed by atoms with Crippen molar-refractivity contribution in [2.24, 2.45) is 0 Å². The first-order valence-corrected chi connectivity index (χ1v) is 9.54. The summed E-state index contributed by atoms with van der Waals surface area (Å²) in [5.41, 5.74) is -1.40. The van der Waals surface area contributed by atoms with Crippen LogP contribution in [0.15, 0.2) is 35.2 Å². The van der Waals surface area contributed by atoms with Crippen LogP contribution in [-0.2, 0) is 10.0 Å². The van der Waals surface area contributed by atoms with Crippen molar-refractivity contribution in [3.05, 3.63) is 30.3 Å². The molecule has 2 aliphatic rings. The quantitative estimate of drug-likeness (QED) is 0.822. The zero-order valence-corrected chi connectivity index (χ0v) is 14.0. The molecular formula is C16H24N2O4S. The van der Waals surface area contributed by atoms with E-state index in [0.29, 0.717) is 6.54 Å². The average Bonchev–Trinajstić information content (AvgIpc) is 2.85. The molecule has 0 spiro atoms. The number of aliphatic hydroxyl groups excluding tert-OH is 1. The molecule has 2 saturated heterocycles. The van der Waals surface area contributed by atoms with Crippen molar-refractivity contribution in [1.82, 2.24) is 9.21 Å². The molecule has 2 N–H and O–H groups in total. The monoisotopic (exact) mass is 340 g/mol. The Morgan fingerprint density at radius 1 is 1.13 bits per heavy atom. The number of likely N-dealkylation sites (tertiary alicyclic amines) is 1. The van der Waals surface area contributed by atoms with Gasteiger partial charge in [0.2, 0.25) is 10.0 Å². The number of benzene rings is 1. The van der Waals surface area contributed by atoms with Crippen molar-refractivity contribution in [2.75, 3.05) is 32.7 Å². The fourth-order valence-corrected chi connectivity index (χ4v) is 4.95. The smallest absolute Gasteiger partial charge is 0.243 e.